The lowest BCUT2D eigenvalue weighted by Crippen LogP contribution is -2.17. The van der Waals surface area contributed by atoms with E-state index in [0.29, 0.717) is 0 Å². The molecule has 0 N–H and O–H groups in total. The second-order valence-corrected chi connectivity index (χ2v) is 6.06. The number of rotatable bonds is 5. The summed E-state index contributed by atoms with van der Waals surface area (Å²) >= 11 is 9.41. The molecule has 2 nitrogen and oxygen atoms in total. The number of hydrogen-bond donors (Lipinski definition) is 0. The van der Waals surface area contributed by atoms with Crippen molar-refractivity contribution in [1.82, 2.24) is 4.90 Å². The normalized spacial score (nSPS) is 10.8. The average Bonchev–Trinajstić information content (AvgIpc) is 2.41. The molecule has 2 aromatic carbocycles. The molecule has 20 heavy (non-hydrogen) atoms. The standard InChI is InChI=1S/C16H17BrClNO/c1-19(10-12-3-6-14(18)7-4-12)11-13-5-8-16(20-2)15(17)9-13/h3-9H,10-11H2,1-2H3. The van der Waals surface area contributed by atoms with Gasteiger partial charge in [-0.25, -0.2) is 0 Å². The number of benzene rings is 2. The summed E-state index contributed by atoms with van der Waals surface area (Å²) in [4.78, 5) is 2.26. The lowest BCUT2D eigenvalue weighted by molar-refractivity contribution is 0.318. The summed E-state index contributed by atoms with van der Waals surface area (Å²) in [5.41, 5.74) is 2.50. The molecule has 0 amide bonds. The maximum Gasteiger partial charge on any atom is 0.133 e. The molecule has 0 heterocycles. The van der Waals surface area contributed by atoms with Crippen LogP contribution in [0.2, 0.25) is 5.02 Å². The van der Waals surface area contributed by atoms with Crippen LogP contribution in [0.4, 0.5) is 0 Å². The second-order valence-electron chi connectivity index (χ2n) is 4.77. The van der Waals surface area contributed by atoms with Crippen LogP contribution in [0.15, 0.2) is 46.9 Å². The van der Waals surface area contributed by atoms with Crippen LogP contribution in [0.25, 0.3) is 0 Å². The highest BCUT2D eigenvalue weighted by Crippen LogP contribution is 2.26. The molecule has 0 aliphatic heterocycles. The fourth-order valence-corrected chi connectivity index (χ4v) is 2.79. The highest BCUT2D eigenvalue weighted by atomic mass is 79.9. The van der Waals surface area contributed by atoms with Crippen LogP contribution in [0.5, 0.6) is 5.75 Å². The number of methoxy groups -OCH3 is 1. The van der Waals surface area contributed by atoms with E-state index < -0.39 is 0 Å². The SMILES string of the molecule is COc1ccc(CN(C)Cc2ccc(Cl)cc2)cc1Br. The van der Waals surface area contributed by atoms with E-state index in [1.54, 1.807) is 7.11 Å². The zero-order valence-corrected chi connectivity index (χ0v) is 13.9. The molecule has 0 saturated heterocycles. The molecule has 2 rings (SSSR count). The van der Waals surface area contributed by atoms with Crippen LogP contribution >= 0.6 is 27.5 Å². The summed E-state index contributed by atoms with van der Waals surface area (Å²) in [5, 5.41) is 0.774. The van der Waals surface area contributed by atoms with Crippen molar-refractivity contribution in [3.63, 3.8) is 0 Å². The molecule has 4 heteroatoms. The molecule has 0 aliphatic carbocycles. The van der Waals surface area contributed by atoms with Gasteiger partial charge >= 0.3 is 0 Å². The molecule has 0 atom stereocenters. The molecule has 0 fully saturated rings. The van der Waals surface area contributed by atoms with Gasteiger partial charge in [0.15, 0.2) is 0 Å². The van der Waals surface area contributed by atoms with Crippen LogP contribution < -0.4 is 4.74 Å². The van der Waals surface area contributed by atoms with Gasteiger partial charge in [-0.3, -0.25) is 4.90 Å². The van der Waals surface area contributed by atoms with E-state index in [-0.39, 0.29) is 0 Å². The molecule has 106 valence electrons. The smallest absolute Gasteiger partial charge is 0.133 e. The second kappa shape index (κ2) is 7.11. The van der Waals surface area contributed by atoms with Crippen LogP contribution in [-0.4, -0.2) is 19.1 Å². The Kier molecular flexibility index (Phi) is 5.46. The molecule has 0 aromatic heterocycles. The predicted molar refractivity (Wildman–Crippen MR) is 87.3 cm³/mol. The maximum atomic E-state index is 5.89. The summed E-state index contributed by atoms with van der Waals surface area (Å²) in [5.74, 6) is 0.856. The van der Waals surface area contributed by atoms with Gasteiger partial charge in [0.1, 0.15) is 5.75 Å². The van der Waals surface area contributed by atoms with Gasteiger partial charge in [-0.05, 0) is 58.4 Å². The lowest BCUT2D eigenvalue weighted by Gasteiger charge is -2.17. The fraction of sp³-hybridized carbons (Fsp3) is 0.250. The van der Waals surface area contributed by atoms with Gasteiger partial charge < -0.3 is 4.74 Å². The Balaban J connectivity index is 1.99. The van der Waals surface area contributed by atoms with E-state index >= 15 is 0 Å². The van der Waals surface area contributed by atoms with Crippen molar-refractivity contribution in [1.29, 1.82) is 0 Å². The van der Waals surface area contributed by atoms with Gasteiger partial charge in [0.2, 0.25) is 0 Å². The maximum absolute atomic E-state index is 5.89. The van der Waals surface area contributed by atoms with Crippen molar-refractivity contribution < 1.29 is 4.74 Å². The van der Waals surface area contributed by atoms with E-state index in [2.05, 4.69) is 52.1 Å². The van der Waals surface area contributed by atoms with Gasteiger partial charge in [0, 0.05) is 18.1 Å². The molecule has 2 aromatic rings. The monoisotopic (exact) mass is 353 g/mol. The summed E-state index contributed by atoms with van der Waals surface area (Å²) in [6.07, 6.45) is 0. The summed E-state index contributed by atoms with van der Waals surface area (Å²) in [6, 6.07) is 14.1. The van der Waals surface area contributed by atoms with Crippen molar-refractivity contribution in [3.05, 3.63) is 63.1 Å². The van der Waals surface area contributed by atoms with Crippen LogP contribution in [0.1, 0.15) is 11.1 Å². The van der Waals surface area contributed by atoms with Crippen molar-refractivity contribution in [2.24, 2.45) is 0 Å². The van der Waals surface area contributed by atoms with E-state index in [1.807, 2.05) is 18.2 Å². The zero-order valence-electron chi connectivity index (χ0n) is 11.6. The van der Waals surface area contributed by atoms with Crippen LogP contribution in [0.3, 0.4) is 0 Å². The van der Waals surface area contributed by atoms with Crippen molar-refractivity contribution >= 4 is 27.5 Å². The first-order chi connectivity index (χ1) is 9.58. The molecule has 0 aliphatic rings. The topological polar surface area (TPSA) is 12.5 Å². The third-order valence-electron chi connectivity index (χ3n) is 3.03. The van der Waals surface area contributed by atoms with E-state index in [4.69, 9.17) is 16.3 Å². The minimum atomic E-state index is 0.774. The largest absolute Gasteiger partial charge is 0.496 e. The quantitative estimate of drug-likeness (QED) is 0.769. The first kappa shape index (κ1) is 15.4. The third kappa shape index (κ3) is 4.23. The number of hydrogen-bond acceptors (Lipinski definition) is 2. The minimum absolute atomic E-state index is 0.774. The number of ether oxygens (including phenoxy) is 1. The zero-order chi connectivity index (χ0) is 14.5. The minimum Gasteiger partial charge on any atom is -0.496 e. The van der Waals surface area contributed by atoms with Crippen molar-refractivity contribution in [3.8, 4) is 5.75 Å². The van der Waals surface area contributed by atoms with Gasteiger partial charge in [0.25, 0.3) is 0 Å². The van der Waals surface area contributed by atoms with Crippen molar-refractivity contribution in [2.45, 2.75) is 13.1 Å². The lowest BCUT2D eigenvalue weighted by atomic mass is 10.2. The number of halogens is 2. The van der Waals surface area contributed by atoms with Crippen LogP contribution in [0, 0.1) is 0 Å². The summed E-state index contributed by atoms with van der Waals surface area (Å²) in [7, 11) is 3.78. The Bertz CT molecular complexity index is 571. The molecule has 0 radical (unpaired) electrons. The van der Waals surface area contributed by atoms with Gasteiger partial charge in [-0.15, -0.1) is 0 Å². The fourth-order valence-electron chi connectivity index (χ4n) is 2.08. The Hall–Kier alpha value is -1.03. The van der Waals surface area contributed by atoms with Gasteiger partial charge in [-0.1, -0.05) is 29.8 Å². The Morgan fingerprint density at radius 1 is 1.05 bits per heavy atom. The average molecular weight is 355 g/mol. The third-order valence-corrected chi connectivity index (χ3v) is 3.91. The Morgan fingerprint density at radius 3 is 2.25 bits per heavy atom. The Labute approximate surface area is 133 Å². The molecule has 0 bridgehead atoms. The molecular weight excluding hydrogens is 338 g/mol. The molecular formula is C16H17BrClNO. The van der Waals surface area contributed by atoms with Gasteiger partial charge in [0.05, 0.1) is 11.6 Å². The number of nitrogens with zero attached hydrogens (tertiary/aromatic N) is 1. The highest BCUT2D eigenvalue weighted by molar-refractivity contribution is 9.10. The van der Waals surface area contributed by atoms with Crippen LogP contribution in [-0.2, 0) is 13.1 Å². The first-order valence-corrected chi connectivity index (χ1v) is 7.51. The molecule has 0 saturated carbocycles. The highest BCUT2D eigenvalue weighted by Gasteiger charge is 2.05. The summed E-state index contributed by atoms with van der Waals surface area (Å²) < 4.78 is 6.22. The Morgan fingerprint density at radius 2 is 1.65 bits per heavy atom. The molecule has 0 unspecified atom stereocenters. The van der Waals surface area contributed by atoms with E-state index in [9.17, 15) is 0 Å². The first-order valence-electron chi connectivity index (χ1n) is 6.34. The predicted octanol–water partition coefficient (Wildman–Crippen LogP) is 4.74. The summed E-state index contributed by atoms with van der Waals surface area (Å²) in [6.45, 7) is 1.77. The van der Waals surface area contributed by atoms with E-state index in [0.717, 1.165) is 28.3 Å². The van der Waals surface area contributed by atoms with E-state index in [1.165, 1.54) is 11.1 Å². The molecule has 0 spiro atoms. The van der Waals surface area contributed by atoms with Crippen molar-refractivity contribution in [2.75, 3.05) is 14.2 Å². The van der Waals surface area contributed by atoms with Gasteiger partial charge in [-0.2, -0.15) is 0 Å².